The second-order valence-corrected chi connectivity index (χ2v) is 5.25. The number of nitrogens with one attached hydrogen (secondary N) is 2. The van der Waals surface area contributed by atoms with Crippen molar-refractivity contribution in [1.82, 2.24) is 10.6 Å². The lowest BCUT2D eigenvalue weighted by atomic mass is 10.0. The van der Waals surface area contributed by atoms with Crippen molar-refractivity contribution in [2.45, 2.75) is 32.9 Å². The molecule has 21 heavy (non-hydrogen) atoms. The van der Waals surface area contributed by atoms with Crippen molar-refractivity contribution in [3.05, 3.63) is 35.1 Å². The van der Waals surface area contributed by atoms with Gasteiger partial charge in [-0.15, -0.1) is 0 Å². The van der Waals surface area contributed by atoms with Crippen LogP contribution in [-0.4, -0.2) is 23.8 Å². The van der Waals surface area contributed by atoms with Crippen LogP contribution in [0.15, 0.2) is 18.2 Å². The molecule has 0 aliphatic rings. The number of amides is 2. The van der Waals surface area contributed by atoms with Crippen LogP contribution in [0.3, 0.4) is 0 Å². The van der Waals surface area contributed by atoms with Gasteiger partial charge in [-0.3, -0.25) is 0 Å². The standard InChI is InChI=1S/C15H20FN3O2/c1-10(2)5-13(9-20)19-15(21)18-8-12-6-11(7-17)3-4-14(12)16/h3-4,6,10,13,20H,5,8-9H2,1-2H3,(H2,18,19,21). The lowest BCUT2D eigenvalue weighted by Gasteiger charge is -2.18. The first-order valence-electron chi connectivity index (χ1n) is 6.80. The highest BCUT2D eigenvalue weighted by Gasteiger charge is 2.13. The molecular formula is C15H20FN3O2. The van der Waals surface area contributed by atoms with Crippen LogP contribution in [0.1, 0.15) is 31.4 Å². The van der Waals surface area contributed by atoms with E-state index < -0.39 is 11.8 Å². The number of rotatable bonds is 6. The number of aliphatic hydroxyl groups excluding tert-OH is 1. The predicted molar refractivity (Wildman–Crippen MR) is 76.8 cm³/mol. The Kier molecular flexibility index (Phi) is 6.63. The van der Waals surface area contributed by atoms with E-state index in [0.717, 1.165) is 0 Å². The van der Waals surface area contributed by atoms with Gasteiger partial charge in [-0.05, 0) is 30.5 Å². The van der Waals surface area contributed by atoms with Gasteiger partial charge in [-0.1, -0.05) is 13.8 Å². The summed E-state index contributed by atoms with van der Waals surface area (Å²) in [7, 11) is 0. The number of nitrogens with zero attached hydrogens (tertiary/aromatic N) is 1. The van der Waals surface area contributed by atoms with Crippen molar-refractivity contribution < 1.29 is 14.3 Å². The van der Waals surface area contributed by atoms with Gasteiger partial charge >= 0.3 is 6.03 Å². The number of carbonyl (C=O) groups is 1. The number of nitriles is 1. The smallest absolute Gasteiger partial charge is 0.315 e. The van der Waals surface area contributed by atoms with Crippen molar-refractivity contribution in [1.29, 1.82) is 5.26 Å². The fourth-order valence-corrected chi connectivity index (χ4v) is 1.94. The molecule has 1 aromatic rings. The quantitative estimate of drug-likeness (QED) is 0.749. The molecule has 1 aromatic carbocycles. The second-order valence-electron chi connectivity index (χ2n) is 5.25. The summed E-state index contributed by atoms with van der Waals surface area (Å²) in [5.74, 6) is -0.137. The van der Waals surface area contributed by atoms with Gasteiger partial charge in [0.2, 0.25) is 0 Å². The van der Waals surface area contributed by atoms with E-state index in [1.165, 1.54) is 18.2 Å². The normalized spacial score (nSPS) is 11.8. The van der Waals surface area contributed by atoms with E-state index in [-0.39, 0.29) is 24.8 Å². The average Bonchev–Trinajstić information content (AvgIpc) is 2.45. The van der Waals surface area contributed by atoms with E-state index in [9.17, 15) is 14.3 Å². The zero-order valence-corrected chi connectivity index (χ0v) is 12.2. The Morgan fingerprint density at radius 3 is 2.76 bits per heavy atom. The molecule has 2 amide bonds. The summed E-state index contributed by atoms with van der Waals surface area (Å²) in [6.45, 7) is 3.81. The molecule has 0 heterocycles. The van der Waals surface area contributed by atoms with E-state index >= 15 is 0 Å². The monoisotopic (exact) mass is 293 g/mol. The number of aliphatic hydroxyl groups is 1. The van der Waals surface area contributed by atoms with Crippen LogP contribution in [0, 0.1) is 23.1 Å². The lowest BCUT2D eigenvalue weighted by Crippen LogP contribution is -2.44. The van der Waals surface area contributed by atoms with E-state index in [0.29, 0.717) is 17.9 Å². The highest BCUT2D eigenvalue weighted by atomic mass is 19.1. The van der Waals surface area contributed by atoms with Crippen LogP contribution in [0.5, 0.6) is 0 Å². The van der Waals surface area contributed by atoms with E-state index in [2.05, 4.69) is 10.6 Å². The van der Waals surface area contributed by atoms with Crippen molar-refractivity contribution >= 4 is 6.03 Å². The molecule has 1 atom stereocenters. The summed E-state index contributed by atoms with van der Waals surface area (Å²) in [6, 6.07) is 5.08. The highest BCUT2D eigenvalue weighted by Crippen LogP contribution is 2.10. The molecule has 0 spiro atoms. The predicted octanol–water partition coefficient (Wildman–Crippen LogP) is 1.90. The minimum Gasteiger partial charge on any atom is -0.394 e. The third-order valence-electron chi connectivity index (χ3n) is 2.93. The molecule has 3 N–H and O–H groups in total. The number of hydrogen-bond acceptors (Lipinski definition) is 3. The minimum absolute atomic E-state index is 0.0208. The first-order valence-corrected chi connectivity index (χ1v) is 6.80. The highest BCUT2D eigenvalue weighted by molar-refractivity contribution is 5.74. The Labute approximate surface area is 123 Å². The molecule has 0 aliphatic heterocycles. The van der Waals surface area contributed by atoms with Gasteiger partial charge < -0.3 is 15.7 Å². The molecule has 0 aliphatic carbocycles. The van der Waals surface area contributed by atoms with Gasteiger partial charge in [0, 0.05) is 12.1 Å². The van der Waals surface area contributed by atoms with Crippen LogP contribution in [0.25, 0.3) is 0 Å². The Balaban J connectivity index is 2.55. The van der Waals surface area contributed by atoms with Crippen molar-refractivity contribution in [3.63, 3.8) is 0 Å². The van der Waals surface area contributed by atoms with Gasteiger partial charge in [0.05, 0.1) is 24.3 Å². The maximum Gasteiger partial charge on any atom is 0.315 e. The van der Waals surface area contributed by atoms with E-state index in [4.69, 9.17) is 5.26 Å². The zero-order valence-electron chi connectivity index (χ0n) is 12.2. The molecule has 6 heteroatoms. The molecule has 5 nitrogen and oxygen atoms in total. The van der Waals surface area contributed by atoms with E-state index in [1.807, 2.05) is 19.9 Å². The molecule has 1 unspecified atom stereocenters. The molecule has 1 rings (SSSR count). The Hall–Kier alpha value is -2.13. The maximum atomic E-state index is 13.5. The van der Waals surface area contributed by atoms with Gasteiger partial charge in [0.1, 0.15) is 5.82 Å². The molecule has 0 bridgehead atoms. The molecule has 0 radical (unpaired) electrons. The fraction of sp³-hybridized carbons (Fsp3) is 0.467. The SMILES string of the molecule is CC(C)CC(CO)NC(=O)NCc1cc(C#N)ccc1F. The molecule has 114 valence electrons. The Morgan fingerprint density at radius 2 is 2.19 bits per heavy atom. The average molecular weight is 293 g/mol. The third kappa shape index (κ3) is 5.79. The van der Waals surface area contributed by atoms with Crippen LogP contribution in [0.2, 0.25) is 0 Å². The summed E-state index contributed by atoms with van der Waals surface area (Å²) in [5.41, 5.74) is 0.579. The van der Waals surface area contributed by atoms with Gasteiger partial charge in [-0.2, -0.15) is 5.26 Å². The molecule has 0 saturated carbocycles. The summed E-state index contributed by atoms with van der Waals surface area (Å²) in [5, 5.41) is 23.1. The fourth-order valence-electron chi connectivity index (χ4n) is 1.94. The topological polar surface area (TPSA) is 85.2 Å². The van der Waals surface area contributed by atoms with Crippen LogP contribution < -0.4 is 10.6 Å². The Bertz CT molecular complexity index is 526. The van der Waals surface area contributed by atoms with Crippen LogP contribution >= 0.6 is 0 Å². The number of hydrogen-bond donors (Lipinski definition) is 3. The molecule has 0 fully saturated rings. The first-order chi connectivity index (χ1) is 9.96. The first kappa shape index (κ1) is 16.9. The van der Waals surface area contributed by atoms with Crippen LogP contribution in [-0.2, 0) is 6.54 Å². The van der Waals surface area contributed by atoms with Crippen LogP contribution in [0.4, 0.5) is 9.18 Å². The van der Waals surface area contributed by atoms with Gasteiger partial charge in [-0.25, -0.2) is 9.18 Å². The number of urea groups is 1. The molecule has 0 aromatic heterocycles. The molecular weight excluding hydrogens is 273 g/mol. The largest absolute Gasteiger partial charge is 0.394 e. The van der Waals surface area contributed by atoms with Gasteiger partial charge in [0.15, 0.2) is 0 Å². The number of benzene rings is 1. The maximum absolute atomic E-state index is 13.5. The van der Waals surface area contributed by atoms with Crippen molar-refractivity contribution in [2.24, 2.45) is 5.92 Å². The lowest BCUT2D eigenvalue weighted by molar-refractivity contribution is 0.206. The minimum atomic E-state index is -0.477. The summed E-state index contributed by atoms with van der Waals surface area (Å²) in [4.78, 5) is 11.7. The zero-order chi connectivity index (χ0) is 15.8. The summed E-state index contributed by atoms with van der Waals surface area (Å²) < 4.78 is 13.5. The number of carbonyl (C=O) groups excluding carboxylic acids is 1. The van der Waals surface area contributed by atoms with E-state index in [1.54, 1.807) is 0 Å². The van der Waals surface area contributed by atoms with Crippen molar-refractivity contribution in [2.75, 3.05) is 6.61 Å². The molecule has 0 saturated heterocycles. The summed E-state index contributed by atoms with van der Waals surface area (Å²) in [6.07, 6.45) is 0.655. The summed E-state index contributed by atoms with van der Waals surface area (Å²) >= 11 is 0. The Morgan fingerprint density at radius 1 is 1.48 bits per heavy atom. The van der Waals surface area contributed by atoms with Crippen molar-refractivity contribution in [3.8, 4) is 6.07 Å². The number of halogens is 1. The van der Waals surface area contributed by atoms with Gasteiger partial charge in [0.25, 0.3) is 0 Å². The second kappa shape index (κ2) is 8.22. The third-order valence-corrected chi connectivity index (χ3v) is 2.93.